The van der Waals surface area contributed by atoms with Crippen LogP contribution < -0.4 is 5.73 Å². The molecule has 0 heterocycles. The molecule has 2 N–H and O–H groups in total. The number of hydrogen-bond donors (Lipinski definition) is 1. The zero-order valence-electron chi connectivity index (χ0n) is 10.8. The molecule has 0 spiro atoms. The topological polar surface area (TPSA) is 70.8 Å². The van der Waals surface area contributed by atoms with Crippen LogP contribution in [0.4, 0.5) is 0 Å². The Balaban J connectivity index is 3.12. The quantitative estimate of drug-likeness (QED) is 0.413. The normalized spacial score (nSPS) is 10.5. The van der Waals surface area contributed by atoms with Crippen molar-refractivity contribution in [2.75, 3.05) is 40.1 Å². The van der Waals surface area contributed by atoms with Gasteiger partial charge < -0.3 is 19.9 Å². The van der Waals surface area contributed by atoms with E-state index in [1.165, 1.54) is 0 Å². The molecular weight excluding hydrogens is 222 g/mol. The van der Waals surface area contributed by atoms with Crippen LogP contribution in [-0.4, -0.2) is 46.1 Å². The molecule has 0 aromatic heterocycles. The van der Waals surface area contributed by atoms with E-state index in [0.29, 0.717) is 32.8 Å². The molecule has 5 heteroatoms. The Labute approximate surface area is 104 Å². The highest BCUT2D eigenvalue weighted by Gasteiger charge is 2.01. The Bertz CT molecular complexity index is 176. The summed E-state index contributed by atoms with van der Waals surface area (Å²) in [5.41, 5.74) is 5.37. The number of rotatable bonds is 12. The van der Waals surface area contributed by atoms with E-state index in [4.69, 9.17) is 19.9 Å². The maximum Gasteiger partial charge on any atom is 0.305 e. The van der Waals surface area contributed by atoms with Crippen LogP contribution in [0.3, 0.4) is 0 Å². The van der Waals surface area contributed by atoms with Crippen molar-refractivity contribution >= 4 is 5.97 Å². The third kappa shape index (κ3) is 13.3. The monoisotopic (exact) mass is 247 g/mol. The van der Waals surface area contributed by atoms with E-state index in [0.717, 1.165) is 32.2 Å². The van der Waals surface area contributed by atoms with E-state index in [9.17, 15) is 4.79 Å². The van der Waals surface area contributed by atoms with Gasteiger partial charge in [-0.3, -0.25) is 4.79 Å². The maximum absolute atomic E-state index is 11.2. The molecule has 102 valence electrons. The molecule has 17 heavy (non-hydrogen) atoms. The predicted octanol–water partition coefficient (Wildman–Crippen LogP) is 1.10. The molecule has 0 radical (unpaired) electrons. The minimum absolute atomic E-state index is 0.145. The van der Waals surface area contributed by atoms with Crippen LogP contribution in [0, 0.1) is 0 Å². The summed E-state index contributed by atoms with van der Waals surface area (Å²) in [5.74, 6) is -0.145. The SMILES string of the molecule is COCCOCCOC(=O)CCCCCCN. The van der Waals surface area contributed by atoms with Gasteiger partial charge in [-0.2, -0.15) is 0 Å². The van der Waals surface area contributed by atoms with E-state index in [2.05, 4.69) is 0 Å². The molecule has 0 aliphatic heterocycles. The van der Waals surface area contributed by atoms with Crippen LogP contribution in [0.5, 0.6) is 0 Å². The van der Waals surface area contributed by atoms with Crippen molar-refractivity contribution < 1.29 is 19.0 Å². The fourth-order valence-electron chi connectivity index (χ4n) is 1.30. The zero-order valence-corrected chi connectivity index (χ0v) is 10.8. The summed E-state index contributed by atoms with van der Waals surface area (Å²) in [4.78, 5) is 11.2. The molecule has 0 amide bonds. The first-order valence-corrected chi connectivity index (χ1v) is 6.23. The number of carbonyl (C=O) groups excluding carboxylic acids is 1. The highest BCUT2D eigenvalue weighted by Crippen LogP contribution is 2.03. The van der Waals surface area contributed by atoms with Crippen LogP contribution in [-0.2, 0) is 19.0 Å². The molecule has 0 rings (SSSR count). The molecule has 0 aliphatic rings. The Hall–Kier alpha value is -0.650. The van der Waals surface area contributed by atoms with Gasteiger partial charge in [0.05, 0.1) is 19.8 Å². The molecule has 0 saturated heterocycles. The van der Waals surface area contributed by atoms with E-state index in [1.54, 1.807) is 7.11 Å². The minimum atomic E-state index is -0.145. The van der Waals surface area contributed by atoms with Crippen LogP contribution >= 0.6 is 0 Å². The fraction of sp³-hybridized carbons (Fsp3) is 0.917. The van der Waals surface area contributed by atoms with E-state index in [-0.39, 0.29) is 5.97 Å². The molecule has 0 aliphatic carbocycles. The van der Waals surface area contributed by atoms with Crippen LogP contribution in [0.2, 0.25) is 0 Å². The lowest BCUT2D eigenvalue weighted by Gasteiger charge is -2.05. The summed E-state index contributed by atoms with van der Waals surface area (Å²) in [6.07, 6.45) is 4.52. The summed E-state index contributed by atoms with van der Waals surface area (Å²) < 4.78 is 15.0. The summed E-state index contributed by atoms with van der Waals surface area (Å²) >= 11 is 0. The van der Waals surface area contributed by atoms with Crippen molar-refractivity contribution in [3.63, 3.8) is 0 Å². The van der Waals surface area contributed by atoms with Gasteiger partial charge in [0.1, 0.15) is 6.61 Å². The van der Waals surface area contributed by atoms with E-state index < -0.39 is 0 Å². The number of nitrogens with two attached hydrogens (primary N) is 1. The Morgan fingerprint density at radius 1 is 1.00 bits per heavy atom. The second-order valence-electron chi connectivity index (χ2n) is 3.78. The Morgan fingerprint density at radius 3 is 2.41 bits per heavy atom. The Morgan fingerprint density at radius 2 is 1.71 bits per heavy atom. The Kier molecular flexibility index (Phi) is 12.9. The van der Waals surface area contributed by atoms with Gasteiger partial charge in [0.2, 0.25) is 0 Å². The van der Waals surface area contributed by atoms with Crippen LogP contribution in [0.15, 0.2) is 0 Å². The fourth-order valence-corrected chi connectivity index (χ4v) is 1.30. The summed E-state index contributed by atoms with van der Waals surface area (Å²) in [6, 6.07) is 0. The molecule has 0 fully saturated rings. The highest BCUT2D eigenvalue weighted by atomic mass is 16.6. The standard InChI is InChI=1S/C12H25NO4/c1-15-8-9-16-10-11-17-12(14)6-4-2-3-5-7-13/h2-11,13H2,1H3. The smallest absolute Gasteiger partial charge is 0.305 e. The van der Waals surface area contributed by atoms with Gasteiger partial charge in [0.25, 0.3) is 0 Å². The van der Waals surface area contributed by atoms with Gasteiger partial charge in [0, 0.05) is 13.5 Å². The molecule has 0 aromatic rings. The van der Waals surface area contributed by atoms with Crippen LogP contribution in [0.25, 0.3) is 0 Å². The first-order valence-electron chi connectivity index (χ1n) is 6.23. The minimum Gasteiger partial charge on any atom is -0.463 e. The molecule has 0 aromatic carbocycles. The second kappa shape index (κ2) is 13.4. The molecule has 0 atom stereocenters. The molecule has 0 unspecified atom stereocenters. The lowest BCUT2D eigenvalue weighted by molar-refractivity contribution is -0.145. The van der Waals surface area contributed by atoms with Crippen molar-refractivity contribution in [1.29, 1.82) is 0 Å². The summed E-state index contributed by atoms with van der Waals surface area (Å²) in [5, 5.41) is 0. The number of methoxy groups -OCH3 is 1. The third-order valence-electron chi connectivity index (χ3n) is 2.26. The van der Waals surface area contributed by atoms with Crippen molar-refractivity contribution in [2.24, 2.45) is 5.73 Å². The van der Waals surface area contributed by atoms with Crippen molar-refractivity contribution in [3.05, 3.63) is 0 Å². The van der Waals surface area contributed by atoms with Gasteiger partial charge >= 0.3 is 5.97 Å². The third-order valence-corrected chi connectivity index (χ3v) is 2.26. The molecule has 0 saturated carbocycles. The van der Waals surface area contributed by atoms with Crippen molar-refractivity contribution in [1.82, 2.24) is 0 Å². The first-order chi connectivity index (χ1) is 8.31. The number of unbranched alkanes of at least 4 members (excludes halogenated alkanes) is 3. The average Bonchev–Trinajstić information content (AvgIpc) is 2.33. The predicted molar refractivity (Wildman–Crippen MR) is 65.8 cm³/mol. The van der Waals surface area contributed by atoms with Gasteiger partial charge in [-0.1, -0.05) is 12.8 Å². The molecular formula is C12H25NO4. The van der Waals surface area contributed by atoms with Gasteiger partial charge in [-0.05, 0) is 19.4 Å². The zero-order chi connectivity index (χ0) is 12.8. The van der Waals surface area contributed by atoms with Crippen molar-refractivity contribution in [3.8, 4) is 0 Å². The summed E-state index contributed by atoms with van der Waals surface area (Å²) in [6.45, 7) is 2.58. The highest BCUT2D eigenvalue weighted by molar-refractivity contribution is 5.69. The van der Waals surface area contributed by atoms with Gasteiger partial charge in [-0.25, -0.2) is 0 Å². The largest absolute Gasteiger partial charge is 0.463 e. The maximum atomic E-state index is 11.2. The average molecular weight is 247 g/mol. The lowest BCUT2D eigenvalue weighted by Crippen LogP contribution is -2.12. The summed E-state index contributed by atoms with van der Waals surface area (Å²) in [7, 11) is 1.62. The van der Waals surface area contributed by atoms with E-state index >= 15 is 0 Å². The van der Waals surface area contributed by atoms with Gasteiger partial charge in [-0.15, -0.1) is 0 Å². The second-order valence-corrected chi connectivity index (χ2v) is 3.78. The molecule has 5 nitrogen and oxygen atoms in total. The molecule has 0 bridgehead atoms. The first kappa shape index (κ1) is 16.4. The number of hydrogen-bond acceptors (Lipinski definition) is 5. The van der Waals surface area contributed by atoms with Crippen molar-refractivity contribution in [2.45, 2.75) is 32.1 Å². The number of ether oxygens (including phenoxy) is 3. The van der Waals surface area contributed by atoms with Crippen LogP contribution in [0.1, 0.15) is 32.1 Å². The number of esters is 1. The lowest BCUT2D eigenvalue weighted by atomic mass is 10.1. The number of carbonyl (C=O) groups is 1. The van der Waals surface area contributed by atoms with Gasteiger partial charge in [0.15, 0.2) is 0 Å². The van der Waals surface area contributed by atoms with E-state index in [1.807, 2.05) is 0 Å².